The van der Waals surface area contributed by atoms with E-state index in [4.69, 9.17) is 0 Å². The lowest BCUT2D eigenvalue weighted by atomic mass is 9.66. The molecule has 0 radical (unpaired) electrons. The molecule has 0 aromatic rings. The van der Waals surface area contributed by atoms with Gasteiger partial charge in [0.25, 0.3) is 0 Å². The van der Waals surface area contributed by atoms with Crippen LogP contribution in [-0.2, 0) is 9.59 Å². The summed E-state index contributed by atoms with van der Waals surface area (Å²) in [6.45, 7) is 18.3. The van der Waals surface area contributed by atoms with E-state index in [2.05, 4.69) is 10.6 Å². The fourth-order valence-electron chi connectivity index (χ4n) is 1.78. The Bertz CT molecular complexity index is 400. The predicted octanol–water partition coefficient (Wildman–Crippen LogP) is 2.97. The second kappa shape index (κ2) is 5.98. The van der Waals surface area contributed by atoms with E-state index in [1.807, 2.05) is 62.3 Å². The minimum Gasteiger partial charge on any atom is -0.359 e. The Morgan fingerprint density at radius 3 is 1.48 bits per heavy atom. The van der Waals surface area contributed by atoms with Crippen LogP contribution in [0.15, 0.2) is 0 Å². The maximum absolute atomic E-state index is 12.6. The zero-order chi connectivity index (χ0) is 17.3. The summed E-state index contributed by atoms with van der Waals surface area (Å²) in [6.07, 6.45) is 0. The zero-order valence-electron chi connectivity index (χ0n) is 15.5. The highest BCUT2D eigenvalue weighted by molar-refractivity contribution is 5.86. The molecule has 0 bridgehead atoms. The fourth-order valence-corrected chi connectivity index (χ4v) is 1.78. The van der Waals surface area contributed by atoms with Crippen LogP contribution in [0.3, 0.4) is 0 Å². The van der Waals surface area contributed by atoms with Crippen LogP contribution in [0, 0.1) is 21.7 Å². The van der Waals surface area contributed by atoms with Crippen molar-refractivity contribution in [2.75, 3.05) is 13.6 Å². The smallest absolute Gasteiger partial charge is 0.227 e. The summed E-state index contributed by atoms with van der Waals surface area (Å²) in [6, 6.07) is 0. The van der Waals surface area contributed by atoms with Crippen LogP contribution in [0.1, 0.15) is 62.3 Å². The van der Waals surface area contributed by atoms with E-state index in [9.17, 15) is 9.59 Å². The van der Waals surface area contributed by atoms with Crippen molar-refractivity contribution in [3.63, 3.8) is 0 Å². The molecule has 2 amide bonds. The van der Waals surface area contributed by atoms with Gasteiger partial charge in [0.2, 0.25) is 11.8 Å². The Morgan fingerprint density at radius 2 is 1.19 bits per heavy atom. The molecule has 4 nitrogen and oxygen atoms in total. The summed E-state index contributed by atoms with van der Waals surface area (Å²) in [4.78, 5) is 24.8. The summed E-state index contributed by atoms with van der Waals surface area (Å²) in [5.74, 6) is -0.0711. The number of hydrogen-bond donors (Lipinski definition) is 2. The summed E-state index contributed by atoms with van der Waals surface area (Å²) >= 11 is 0. The molecule has 124 valence electrons. The monoisotopic (exact) mass is 298 g/mol. The van der Waals surface area contributed by atoms with Gasteiger partial charge in [-0.3, -0.25) is 9.59 Å². The van der Waals surface area contributed by atoms with Gasteiger partial charge in [-0.05, 0) is 17.8 Å². The molecule has 0 saturated heterocycles. The van der Waals surface area contributed by atoms with Crippen molar-refractivity contribution >= 4 is 11.8 Å². The number of carbonyl (C=O) groups excluding carboxylic acids is 2. The van der Waals surface area contributed by atoms with Gasteiger partial charge in [-0.25, -0.2) is 0 Å². The summed E-state index contributed by atoms with van der Waals surface area (Å²) in [5.41, 5.74) is -1.58. The van der Waals surface area contributed by atoms with Gasteiger partial charge in [-0.15, -0.1) is 0 Å². The van der Waals surface area contributed by atoms with Crippen molar-refractivity contribution in [2.24, 2.45) is 21.7 Å². The maximum Gasteiger partial charge on any atom is 0.227 e. The normalized spacial score (nSPS) is 16.1. The Balaban J connectivity index is 5.21. The molecule has 0 rings (SSSR count). The summed E-state index contributed by atoms with van der Waals surface area (Å²) < 4.78 is 0. The quantitative estimate of drug-likeness (QED) is 0.838. The first-order chi connectivity index (χ1) is 9.11. The third kappa shape index (κ3) is 3.98. The number of carbonyl (C=O) groups is 2. The second-order valence-electron chi connectivity index (χ2n) is 8.72. The van der Waals surface area contributed by atoms with Gasteiger partial charge < -0.3 is 10.6 Å². The van der Waals surface area contributed by atoms with Crippen molar-refractivity contribution < 1.29 is 9.59 Å². The van der Waals surface area contributed by atoms with Crippen LogP contribution in [-0.4, -0.2) is 25.4 Å². The number of hydrogen-bond acceptors (Lipinski definition) is 2. The van der Waals surface area contributed by atoms with E-state index < -0.39 is 10.8 Å². The molecule has 0 aliphatic carbocycles. The summed E-state index contributed by atoms with van der Waals surface area (Å²) in [7, 11) is 1.63. The molecule has 2 N–H and O–H groups in total. The molecule has 0 aliphatic heterocycles. The minimum absolute atomic E-state index is 0.0191. The Labute approximate surface area is 130 Å². The van der Waals surface area contributed by atoms with Crippen LogP contribution >= 0.6 is 0 Å². The molecule has 0 heterocycles. The van der Waals surface area contributed by atoms with Crippen molar-refractivity contribution in [1.29, 1.82) is 0 Å². The number of rotatable bonds is 4. The zero-order valence-corrected chi connectivity index (χ0v) is 15.5. The van der Waals surface area contributed by atoms with E-state index in [0.717, 1.165) is 0 Å². The Morgan fingerprint density at radius 1 is 0.762 bits per heavy atom. The second-order valence-corrected chi connectivity index (χ2v) is 8.72. The van der Waals surface area contributed by atoms with Crippen LogP contribution < -0.4 is 10.6 Å². The molecule has 1 unspecified atom stereocenters. The van der Waals surface area contributed by atoms with Crippen molar-refractivity contribution in [1.82, 2.24) is 10.6 Å². The Hall–Kier alpha value is -1.06. The van der Waals surface area contributed by atoms with Crippen molar-refractivity contribution in [3.05, 3.63) is 0 Å². The van der Waals surface area contributed by atoms with Gasteiger partial charge in [0.05, 0.1) is 5.41 Å². The van der Waals surface area contributed by atoms with E-state index in [-0.39, 0.29) is 22.6 Å². The van der Waals surface area contributed by atoms with Crippen LogP contribution in [0.4, 0.5) is 0 Å². The lowest BCUT2D eigenvalue weighted by molar-refractivity contribution is -0.139. The van der Waals surface area contributed by atoms with E-state index in [1.165, 1.54) is 0 Å². The third-order valence-corrected chi connectivity index (χ3v) is 5.43. The molecule has 4 heteroatoms. The standard InChI is InChI=1S/C17H34N2O2/c1-14(2,3)16(7,8)12(20)19-11-17(9,13(21)18-10)15(4,5)6/h11H2,1-10H3,(H,18,21)(H,19,20). The molecule has 0 fully saturated rings. The topological polar surface area (TPSA) is 58.2 Å². The van der Waals surface area contributed by atoms with Crippen molar-refractivity contribution in [2.45, 2.75) is 62.3 Å². The maximum atomic E-state index is 12.6. The number of amides is 2. The highest BCUT2D eigenvalue weighted by Gasteiger charge is 2.46. The van der Waals surface area contributed by atoms with Crippen LogP contribution in [0.25, 0.3) is 0 Å². The molecule has 1 atom stereocenters. The molecule has 0 spiro atoms. The average Bonchev–Trinajstić information content (AvgIpc) is 2.31. The third-order valence-electron chi connectivity index (χ3n) is 5.43. The van der Waals surface area contributed by atoms with E-state index in [0.29, 0.717) is 6.54 Å². The molecule has 0 saturated carbocycles. The SMILES string of the molecule is CNC(=O)C(C)(CNC(=O)C(C)(C)C(C)(C)C)C(C)(C)C. The average molecular weight is 298 g/mol. The van der Waals surface area contributed by atoms with Gasteiger partial charge in [0.15, 0.2) is 0 Å². The van der Waals surface area contributed by atoms with Gasteiger partial charge >= 0.3 is 0 Å². The first kappa shape index (κ1) is 19.9. The molecular weight excluding hydrogens is 264 g/mol. The van der Waals surface area contributed by atoms with Crippen molar-refractivity contribution in [3.8, 4) is 0 Å². The van der Waals surface area contributed by atoms with Gasteiger partial charge in [0, 0.05) is 19.0 Å². The highest BCUT2D eigenvalue weighted by atomic mass is 16.2. The van der Waals surface area contributed by atoms with Gasteiger partial charge in [-0.1, -0.05) is 55.4 Å². The lowest BCUT2D eigenvalue weighted by Crippen LogP contribution is -2.55. The van der Waals surface area contributed by atoms with Crippen LogP contribution in [0.5, 0.6) is 0 Å². The molecule has 0 aliphatic rings. The van der Waals surface area contributed by atoms with Gasteiger partial charge in [0.1, 0.15) is 0 Å². The molecule has 0 aromatic heterocycles. The van der Waals surface area contributed by atoms with Gasteiger partial charge in [-0.2, -0.15) is 0 Å². The Kier molecular flexibility index (Phi) is 5.67. The lowest BCUT2D eigenvalue weighted by Gasteiger charge is -2.42. The molecular formula is C17H34N2O2. The first-order valence-corrected chi connectivity index (χ1v) is 7.62. The predicted molar refractivity (Wildman–Crippen MR) is 87.9 cm³/mol. The van der Waals surface area contributed by atoms with E-state index >= 15 is 0 Å². The molecule has 0 aromatic carbocycles. The number of nitrogens with one attached hydrogen (secondary N) is 2. The minimum atomic E-state index is -0.661. The molecule has 21 heavy (non-hydrogen) atoms. The largest absolute Gasteiger partial charge is 0.359 e. The van der Waals surface area contributed by atoms with E-state index in [1.54, 1.807) is 7.05 Å². The highest BCUT2D eigenvalue weighted by Crippen LogP contribution is 2.40. The van der Waals surface area contributed by atoms with Crippen LogP contribution in [0.2, 0.25) is 0 Å². The fraction of sp³-hybridized carbons (Fsp3) is 0.882. The summed E-state index contributed by atoms with van der Waals surface area (Å²) in [5, 5.41) is 5.71. The first-order valence-electron chi connectivity index (χ1n) is 7.62.